The number of ketones is 1. The van der Waals surface area contributed by atoms with Gasteiger partial charge in [0.15, 0.2) is 11.6 Å². The largest absolute Gasteiger partial charge is 0.297 e. The molecule has 2 aromatic heterocycles. The summed E-state index contributed by atoms with van der Waals surface area (Å²) in [5, 5.41) is 0. The second-order valence-electron chi connectivity index (χ2n) is 3.18. The summed E-state index contributed by atoms with van der Waals surface area (Å²) in [4.78, 5) is 15.5. The summed E-state index contributed by atoms with van der Waals surface area (Å²) >= 11 is 3.39. The van der Waals surface area contributed by atoms with Crippen LogP contribution in [0.25, 0.3) is 5.52 Å². The molecular formula is C10H9BrN2O. The van der Waals surface area contributed by atoms with Crippen molar-refractivity contribution >= 4 is 27.2 Å². The van der Waals surface area contributed by atoms with Crippen molar-refractivity contribution in [2.24, 2.45) is 0 Å². The Morgan fingerprint density at radius 1 is 1.57 bits per heavy atom. The summed E-state index contributed by atoms with van der Waals surface area (Å²) in [7, 11) is 0. The van der Waals surface area contributed by atoms with E-state index in [1.807, 2.05) is 29.7 Å². The average molecular weight is 253 g/mol. The van der Waals surface area contributed by atoms with Crippen LogP contribution < -0.4 is 0 Å². The Morgan fingerprint density at radius 2 is 2.29 bits per heavy atom. The van der Waals surface area contributed by atoms with Gasteiger partial charge in [0.05, 0.1) is 11.2 Å². The van der Waals surface area contributed by atoms with Gasteiger partial charge < -0.3 is 0 Å². The monoisotopic (exact) mass is 252 g/mol. The number of aryl methyl sites for hydroxylation is 1. The first-order valence-electron chi connectivity index (χ1n) is 4.25. The predicted molar refractivity (Wildman–Crippen MR) is 57.6 cm³/mol. The molecule has 0 unspecified atom stereocenters. The number of rotatable bonds is 1. The van der Waals surface area contributed by atoms with Crippen LogP contribution in [-0.2, 0) is 0 Å². The van der Waals surface area contributed by atoms with Gasteiger partial charge in [-0.25, -0.2) is 4.98 Å². The Bertz CT molecular complexity index is 516. The molecule has 0 bridgehead atoms. The summed E-state index contributed by atoms with van der Waals surface area (Å²) < 4.78 is 2.80. The maximum atomic E-state index is 11.3. The van der Waals surface area contributed by atoms with E-state index in [4.69, 9.17) is 0 Å². The summed E-state index contributed by atoms with van der Waals surface area (Å²) in [6.45, 7) is 3.42. The molecule has 3 nitrogen and oxygen atoms in total. The highest BCUT2D eigenvalue weighted by Crippen LogP contribution is 2.18. The van der Waals surface area contributed by atoms with E-state index in [2.05, 4.69) is 20.9 Å². The van der Waals surface area contributed by atoms with Crippen molar-refractivity contribution in [3.63, 3.8) is 0 Å². The van der Waals surface area contributed by atoms with Gasteiger partial charge in [-0.15, -0.1) is 0 Å². The molecule has 0 fully saturated rings. The SMILES string of the molecule is CC(=O)c1nc(C)c2cc(Br)ccn12. The number of carbonyl (C=O) groups is 1. The predicted octanol–water partition coefficient (Wildman–Crippen LogP) is 2.61. The number of Topliss-reactive ketones (excluding diaryl/α,β-unsaturated/α-hetero) is 1. The number of nitrogens with zero attached hydrogens (tertiary/aromatic N) is 2. The third-order valence-corrected chi connectivity index (χ3v) is 2.60. The molecule has 2 aromatic rings. The van der Waals surface area contributed by atoms with E-state index in [-0.39, 0.29) is 5.78 Å². The molecular weight excluding hydrogens is 244 g/mol. The Morgan fingerprint density at radius 3 is 2.93 bits per heavy atom. The van der Waals surface area contributed by atoms with Crippen molar-refractivity contribution in [3.8, 4) is 0 Å². The second-order valence-corrected chi connectivity index (χ2v) is 4.09. The van der Waals surface area contributed by atoms with E-state index >= 15 is 0 Å². The quantitative estimate of drug-likeness (QED) is 0.732. The van der Waals surface area contributed by atoms with Crippen LogP contribution in [-0.4, -0.2) is 15.2 Å². The standard InChI is InChI=1S/C10H9BrN2O/c1-6-9-5-8(11)3-4-13(9)10(12-6)7(2)14/h3-5H,1-2H3. The fourth-order valence-electron chi connectivity index (χ4n) is 1.46. The van der Waals surface area contributed by atoms with Gasteiger partial charge in [-0.05, 0) is 19.1 Å². The molecule has 0 radical (unpaired) electrons. The molecule has 0 amide bonds. The van der Waals surface area contributed by atoms with E-state index in [0.717, 1.165) is 15.7 Å². The van der Waals surface area contributed by atoms with Crippen molar-refractivity contribution in [2.45, 2.75) is 13.8 Å². The fraction of sp³-hybridized carbons (Fsp3) is 0.200. The Hall–Kier alpha value is -1.16. The molecule has 0 atom stereocenters. The summed E-state index contributed by atoms with van der Waals surface area (Å²) in [5.41, 5.74) is 1.83. The lowest BCUT2D eigenvalue weighted by Crippen LogP contribution is -1.99. The lowest BCUT2D eigenvalue weighted by molar-refractivity contribution is 0.100. The number of pyridine rings is 1. The highest BCUT2D eigenvalue weighted by atomic mass is 79.9. The highest BCUT2D eigenvalue weighted by molar-refractivity contribution is 9.10. The Labute approximate surface area is 89.9 Å². The maximum absolute atomic E-state index is 11.3. The molecule has 0 aromatic carbocycles. The first-order valence-corrected chi connectivity index (χ1v) is 5.04. The van der Waals surface area contributed by atoms with Crippen molar-refractivity contribution in [2.75, 3.05) is 0 Å². The molecule has 4 heteroatoms. The summed E-state index contributed by atoms with van der Waals surface area (Å²) in [5.74, 6) is 0.473. The number of fused-ring (bicyclic) bond motifs is 1. The number of carbonyl (C=O) groups excluding carboxylic acids is 1. The van der Waals surface area contributed by atoms with Gasteiger partial charge in [0.2, 0.25) is 0 Å². The fourth-order valence-corrected chi connectivity index (χ4v) is 1.79. The molecule has 72 valence electrons. The lowest BCUT2D eigenvalue weighted by Gasteiger charge is -1.97. The van der Waals surface area contributed by atoms with Gasteiger partial charge in [0.1, 0.15) is 0 Å². The highest BCUT2D eigenvalue weighted by Gasteiger charge is 2.11. The van der Waals surface area contributed by atoms with Gasteiger partial charge in [-0.1, -0.05) is 15.9 Å². The van der Waals surface area contributed by atoms with Gasteiger partial charge in [-0.2, -0.15) is 0 Å². The van der Waals surface area contributed by atoms with Gasteiger partial charge in [0.25, 0.3) is 0 Å². The molecule has 2 rings (SSSR count). The number of hydrogen-bond donors (Lipinski definition) is 0. The second kappa shape index (κ2) is 3.20. The average Bonchev–Trinajstić information content (AvgIpc) is 2.44. The first kappa shape index (κ1) is 9.40. The van der Waals surface area contributed by atoms with Gasteiger partial charge in [0, 0.05) is 17.6 Å². The topological polar surface area (TPSA) is 34.4 Å². The molecule has 0 aliphatic rings. The van der Waals surface area contributed by atoms with Crippen LogP contribution in [0.15, 0.2) is 22.8 Å². The van der Waals surface area contributed by atoms with Gasteiger partial charge in [-0.3, -0.25) is 9.20 Å². The zero-order valence-electron chi connectivity index (χ0n) is 7.91. The van der Waals surface area contributed by atoms with E-state index < -0.39 is 0 Å². The number of halogens is 1. The normalized spacial score (nSPS) is 10.8. The van der Waals surface area contributed by atoms with Crippen LogP contribution in [0, 0.1) is 6.92 Å². The third kappa shape index (κ3) is 1.35. The number of aromatic nitrogens is 2. The van der Waals surface area contributed by atoms with E-state index in [0.29, 0.717) is 5.82 Å². The number of imidazole rings is 1. The maximum Gasteiger partial charge on any atom is 0.195 e. The van der Waals surface area contributed by atoms with Crippen molar-refractivity contribution in [1.29, 1.82) is 0 Å². The lowest BCUT2D eigenvalue weighted by atomic mass is 10.3. The minimum Gasteiger partial charge on any atom is -0.297 e. The number of hydrogen-bond acceptors (Lipinski definition) is 2. The molecule has 14 heavy (non-hydrogen) atoms. The first-order chi connectivity index (χ1) is 6.59. The summed E-state index contributed by atoms with van der Waals surface area (Å²) in [6, 6.07) is 3.84. The van der Waals surface area contributed by atoms with Gasteiger partial charge >= 0.3 is 0 Å². The minimum atomic E-state index is -0.0181. The van der Waals surface area contributed by atoms with E-state index in [1.165, 1.54) is 6.92 Å². The Kier molecular flexibility index (Phi) is 2.15. The molecule has 0 saturated heterocycles. The van der Waals surface area contributed by atoms with Crippen LogP contribution >= 0.6 is 15.9 Å². The van der Waals surface area contributed by atoms with Crippen molar-refractivity contribution < 1.29 is 4.79 Å². The zero-order chi connectivity index (χ0) is 10.3. The smallest absolute Gasteiger partial charge is 0.195 e. The molecule has 2 heterocycles. The zero-order valence-corrected chi connectivity index (χ0v) is 9.50. The molecule has 0 aliphatic heterocycles. The molecule has 0 saturated carbocycles. The van der Waals surface area contributed by atoms with Crippen LogP contribution in [0.1, 0.15) is 23.2 Å². The van der Waals surface area contributed by atoms with Crippen LogP contribution in [0.2, 0.25) is 0 Å². The van der Waals surface area contributed by atoms with E-state index in [1.54, 1.807) is 0 Å². The Balaban J connectivity index is 2.84. The summed E-state index contributed by atoms with van der Waals surface area (Å²) in [6.07, 6.45) is 1.84. The van der Waals surface area contributed by atoms with Crippen LogP contribution in [0.4, 0.5) is 0 Å². The van der Waals surface area contributed by atoms with Crippen molar-refractivity contribution in [1.82, 2.24) is 9.38 Å². The molecule has 0 aliphatic carbocycles. The molecule has 0 spiro atoms. The van der Waals surface area contributed by atoms with Crippen molar-refractivity contribution in [3.05, 3.63) is 34.3 Å². The van der Waals surface area contributed by atoms with Crippen LogP contribution in [0.3, 0.4) is 0 Å². The van der Waals surface area contributed by atoms with E-state index in [9.17, 15) is 4.79 Å². The minimum absolute atomic E-state index is 0.0181. The molecule has 0 N–H and O–H groups in total. The third-order valence-electron chi connectivity index (χ3n) is 2.10. The van der Waals surface area contributed by atoms with Crippen LogP contribution in [0.5, 0.6) is 0 Å².